The molecule has 1 saturated heterocycles. The predicted molar refractivity (Wildman–Crippen MR) is 109 cm³/mol. The molecule has 0 spiro atoms. The number of phenols is 1. The van der Waals surface area contributed by atoms with Crippen molar-refractivity contribution in [2.24, 2.45) is 0 Å². The van der Waals surface area contributed by atoms with E-state index in [9.17, 15) is 5.11 Å². The minimum Gasteiger partial charge on any atom is -0.504 e. The van der Waals surface area contributed by atoms with Gasteiger partial charge in [-0.15, -0.1) is 0 Å². The molecule has 6 heteroatoms. The minimum atomic E-state index is 0.0528. The molecular formula is C21H22ClN3O2. The fourth-order valence-electron chi connectivity index (χ4n) is 3.67. The van der Waals surface area contributed by atoms with Gasteiger partial charge in [-0.2, -0.15) is 0 Å². The maximum Gasteiger partial charge on any atom is 0.160 e. The fourth-order valence-corrected chi connectivity index (χ4v) is 3.90. The summed E-state index contributed by atoms with van der Waals surface area (Å²) in [6, 6.07) is 13.9. The Hall–Kier alpha value is -2.50. The van der Waals surface area contributed by atoms with Gasteiger partial charge in [0.1, 0.15) is 11.3 Å². The van der Waals surface area contributed by atoms with Crippen LogP contribution in [0.2, 0.25) is 5.02 Å². The summed E-state index contributed by atoms with van der Waals surface area (Å²) in [4.78, 5) is 9.05. The number of anilines is 1. The average molecular weight is 384 g/mol. The number of nitrogens with zero attached hydrogens (tertiary/aromatic N) is 3. The van der Waals surface area contributed by atoms with Crippen molar-refractivity contribution in [3.05, 3.63) is 59.2 Å². The summed E-state index contributed by atoms with van der Waals surface area (Å²) in [5, 5.41) is 11.5. The zero-order valence-electron chi connectivity index (χ0n) is 15.2. The maximum absolute atomic E-state index is 10.2. The van der Waals surface area contributed by atoms with Crippen LogP contribution in [0.15, 0.2) is 48.7 Å². The topological polar surface area (TPSA) is 48.8 Å². The molecule has 3 aromatic rings. The molecule has 4 rings (SSSR count). The van der Waals surface area contributed by atoms with Gasteiger partial charge in [0.15, 0.2) is 5.75 Å². The number of halogens is 1. The van der Waals surface area contributed by atoms with E-state index in [1.807, 2.05) is 36.4 Å². The van der Waals surface area contributed by atoms with E-state index < -0.39 is 0 Å². The molecule has 1 fully saturated rings. The molecule has 1 aliphatic rings. The lowest BCUT2D eigenvalue weighted by atomic mass is 10.1. The number of fused-ring (bicyclic) bond motifs is 1. The van der Waals surface area contributed by atoms with Crippen molar-refractivity contribution in [2.45, 2.75) is 6.54 Å². The lowest BCUT2D eigenvalue weighted by Gasteiger charge is -2.36. The number of piperazine rings is 1. The standard InChI is InChI=1S/C21H22ClN3O2/c1-27-19-7-3-2-6-18(19)25-11-9-24(10-12-25)14-15-13-17(22)21(26)20-16(15)5-4-8-23-20/h2-8,13,26H,9-12,14H2,1H3. The predicted octanol–water partition coefficient (Wildman–Crippen LogP) is 3.92. The number of rotatable bonds is 4. The Morgan fingerprint density at radius 3 is 2.67 bits per heavy atom. The first kappa shape index (κ1) is 17.9. The fraction of sp³-hybridized carbons (Fsp3) is 0.286. The van der Waals surface area contributed by atoms with Crippen molar-refractivity contribution in [3.63, 3.8) is 0 Å². The third-order valence-electron chi connectivity index (χ3n) is 5.10. The van der Waals surface area contributed by atoms with Gasteiger partial charge in [0.05, 0.1) is 17.8 Å². The van der Waals surface area contributed by atoms with Crippen molar-refractivity contribution in [2.75, 3.05) is 38.2 Å². The van der Waals surface area contributed by atoms with Crippen molar-refractivity contribution >= 4 is 28.2 Å². The molecule has 0 unspecified atom stereocenters. The van der Waals surface area contributed by atoms with Crippen LogP contribution in [0.1, 0.15) is 5.56 Å². The molecule has 5 nitrogen and oxygen atoms in total. The van der Waals surface area contributed by atoms with Gasteiger partial charge in [0, 0.05) is 44.3 Å². The molecule has 140 valence electrons. The first-order valence-corrected chi connectivity index (χ1v) is 9.40. The number of aromatic hydroxyl groups is 1. The highest BCUT2D eigenvalue weighted by molar-refractivity contribution is 6.33. The van der Waals surface area contributed by atoms with Crippen LogP contribution in [0.25, 0.3) is 10.9 Å². The second-order valence-corrected chi connectivity index (χ2v) is 7.11. The highest BCUT2D eigenvalue weighted by Crippen LogP contribution is 2.34. The van der Waals surface area contributed by atoms with Crippen molar-refractivity contribution in [1.29, 1.82) is 0 Å². The van der Waals surface area contributed by atoms with Crippen LogP contribution in [0.4, 0.5) is 5.69 Å². The number of hydrogen-bond donors (Lipinski definition) is 1. The highest BCUT2D eigenvalue weighted by Gasteiger charge is 2.21. The van der Waals surface area contributed by atoms with Gasteiger partial charge in [0.25, 0.3) is 0 Å². The number of benzene rings is 2. The summed E-state index contributed by atoms with van der Waals surface area (Å²) in [6.45, 7) is 4.53. The lowest BCUT2D eigenvalue weighted by Crippen LogP contribution is -2.46. The Balaban J connectivity index is 1.50. The van der Waals surface area contributed by atoms with Gasteiger partial charge in [-0.25, -0.2) is 0 Å². The SMILES string of the molecule is COc1ccccc1N1CCN(Cc2cc(Cl)c(O)c3ncccc23)CC1. The lowest BCUT2D eigenvalue weighted by molar-refractivity contribution is 0.250. The van der Waals surface area contributed by atoms with E-state index in [-0.39, 0.29) is 5.75 Å². The van der Waals surface area contributed by atoms with Gasteiger partial charge in [-0.3, -0.25) is 9.88 Å². The molecule has 0 aliphatic carbocycles. The van der Waals surface area contributed by atoms with Crippen molar-refractivity contribution in [1.82, 2.24) is 9.88 Å². The molecule has 0 amide bonds. The molecule has 1 aliphatic heterocycles. The minimum absolute atomic E-state index is 0.0528. The number of aromatic nitrogens is 1. The Morgan fingerprint density at radius 1 is 1.11 bits per heavy atom. The summed E-state index contributed by atoms with van der Waals surface area (Å²) in [6.07, 6.45) is 1.67. The number of ether oxygens (including phenoxy) is 1. The largest absolute Gasteiger partial charge is 0.504 e. The molecule has 0 atom stereocenters. The van der Waals surface area contributed by atoms with Gasteiger partial charge in [-0.1, -0.05) is 29.8 Å². The van der Waals surface area contributed by atoms with Crippen LogP contribution >= 0.6 is 11.6 Å². The Labute approximate surface area is 163 Å². The van der Waals surface area contributed by atoms with Crippen molar-refractivity contribution in [3.8, 4) is 11.5 Å². The van der Waals surface area contributed by atoms with Crippen LogP contribution < -0.4 is 9.64 Å². The molecule has 2 heterocycles. The Bertz CT molecular complexity index is 955. The Kier molecular flexibility index (Phi) is 5.05. The monoisotopic (exact) mass is 383 g/mol. The molecule has 0 radical (unpaired) electrons. The summed E-state index contributed by atoms with van der Waals surface area (Å²) in [7, 11) is 1.71. The molecular weight excluding hydrogens is 362 g/mol. The average Bonchev–Trinajstić information content (AvgIpc) is 2.72. The van der Waals surface area contributed by atoms with Gasteiger partial charge in [0.2, 0.25) is 0 Å². The first-order chi connectivity index (χ1) is 13.2. The zero-order chi connectivity index (χ0) is 18.8. The van der Waals surface area contributed by atoms with E-state index in [1.54, 1.807) is 13.3 Å². The van der Waals surface area contributed by atoms with Crippen LogP contribution in [0, 0.1) is 0 Å². The summed E-state index contributed by atoms with van der Waals surface area (Å²) < 4.78 is 5.49. The third kappa shape index (κ3) is 3.53. The Morgan fingerprint density at radius 2 is 1.89 bits per heavy atom. The normalized spacial score (nSPS) is 15.3. The number of methoxy groups -OCH3 is 1. The van der Waals surface area contributed by atoms with Crippen molar-refractivity contribution < 1.29 is 9.84 Å². The van der Waals surface area contributed by atoms with Crippen LogP contribution in [0.5, 0.6) is 11.5 Å². The van der Waals surface area contributed by atoms with E-state index in [4.69, 9.17) is 16.3 Å². The summed E-state index contributed by atoms with van der Waals surface area (Å²) in [5.41, 5.74) is 2.79. The highest BCUT2D eigenvalue weighted by atomic mass is 35.5. The molecule has 0 bridgehead atoms. The van der Waals surface area contributed by atoms with E-state index >= 15 is 0 Å². The first-order valence-electron chi connectivity index (χ1n) is 9.03. The molecule has 27 heavy (non-hydrogen) atoms. The second-order valence-electron chi connectivity index (χ2n) is 6.70. The number of hydrogen-bond acceptors (Lipinski definition) is 5. The van der Waals surface area contributed by atoms with E-state index in [0.29, 0.717) is 10.5 Å². The van der Waals surface area contributed by atoms with Crippen LogP contribution in [-0.4, -0.2) is 48.3 Å². The number of para-hydroxylation sites is 2. The molecule has 2 aromatic carbocycles. The maximum atomic E-state index is 10.2. The van der Waals surface area contributed by atoms with E-state index in [2.05, 4.69) is 20.9 Å². The van der Waals surface area contributed by atoms with E-state index in [0.717, 1.165) is 55.1 Å². The summed E-state index contributed by atoms with van der Waals surface area (Å²) in [5.74, 6) is 0.963. The third-order valence-corrected chi connectivity index (χ3v) is 5.39. The zero-order valence-corrected chi connectivity index (χ0v) is 16.0. The van der Waals surface area contributed by atoms with E-state index in [1.165, 1.54) is 0 Å². The number of phenolic OH excluding ortho intramolecular Hbond substituents is 1. The quantitative estimate of drug-likeness (QED) is 0.739. The smallest absolute Gasteiger partial charge is 0.160 e. The molecule has 0 saturated carbocycles. The van der Waals surface area contributed by atoms with Gasteiger partial charge in [-0.05, 0) is 29.8 Å². The second kappa shape index (κ2) is 7.62. The van der Waals surface area contributed by atoms with Gasteiger partial charge < -0.3 is 14.7 Å². The van der Waals surface area contributed by atoms with Gasteiger partial charge >= 0.3 is 0 Å². The van der Waals surface area contributed by atoms with Crippen LogP contribution in [-0.2, 0) is 6.54 Å². The molecule has 1 aromatic heterocycles. The summed E-state index contributed by atoms with van der Waals surface area (Å²) >= 11 is 6.22. The van der Waals surface area contributed by atoms with Crippen LogP contribution in [0.3, 0.4) is 0 Å². The number of pyridine rings is 1. The molecule has 1 N–H and O–H groups in total.